The van der Waals surface area contributed by atoms with Gasteiger partial charge in [-0.1, -0.05) is 0 Å². The summed E-state index contributed by atoms with van der Waals surface area (Å²) in [4.78, 5) is 24.9. The number of carbonyl (C=O) groups is 2. The number of carboxylic acid groups (broad SMARTS) is 1. The van der Waals surface area contributed by atoms with Crippen LogP contribution in [0.4, 0.5) is 13.2 Å². The van der Waals surface area contributed by atoms with Crippen molar-refractivity contribution in [3.63, 3.8) is 0 Å². The van der Waals surface area contributed by atoms with Crippen LogP contribution in [0, 0.1) is 12.8 Å². The number of aromatic nitrogens is 2. The number of likely N-dealkylation sites (tertiary alicyclic amines) is 1. The maximum atomic E-state index is 12.9. The molecule has 1 N–H and O–H groups in total. The molecular formula is C18H18F3N3O3. The van der Waals surface area contributed by atoms with E-state index in [4.69, 9.17) is 5.11 Å². The van der Waals surface area contributed by atoms with E-state index in [2.05, 4.69) is 5.10 Å². The number of piperidine rings is 1. The number of benzene rings is 1. The van der Waals surface area contributed by atoms with Crippen molar-refractivity contribution in [3.05, 3.63) is 47.3 Å². The van der Waals surface area contributed by atoms with Gasteiger partial charge in [0.05, 0.1) is 23.5 Å². The minimum atomic E-state index is -4.30. The molecule has 3 rings (SSSR count). The molecule has 1 unspecified atom stereocenters. The summed E-state index contributed by atoms with van der Waals surface area (Å²) in [6.45, 7) is 1.58. The molecule has 1 aromatic carbocycles. The zero-order valence-corrected chi connectivity index (χ0v) is 14.5. The smallest absolute Gasteiger partial charge is 0.393 e. The van der Waals surface area contributed by atoms with Crippen LogP contribution in [0.3, 0.4) is 0 Å². The summed E-state index contributed by atoms with van der Waals surface area (Å²) >= 11 is 0. The summed E-state index contributed by atoms with van der Waals surface area (Å²) in [5.41, 5.74) is 1.35. The monoisotopic (exact) mass is 381 g/mol. The number of hydrogen-bond donors (Lipinski definition) is 1. The molecule has 6 nitrogen and oxygen atoms in total. The number of alkyl halides is 3. The number of aromatic carboxylic acids is 1. The highest BCUT2D eigenvalue weighted by molar-refractivity contribution is 5.94. The lowest BCUT2D eigenvalue weighted by Gasteiger charge is -2.33. The highest BCUT2D eigenvalue weighted by atomic mass is 19.4. The fraction of sp³-hybridized carbons (Fsp3) is 0.389. The van der Waals surface area contributed by atoms with E-state index in [9.17, 15) is 22.8 Å². The van der Waals surface area contributed by atoms with E-state index < -0.39 is 24.0 Å². The van der Waals surface area contributed by atoms with Crippen molar-refractivity contribution >= 4 is 11.9 Å². The molecule has 0 radical (unpaired) electrons. The fourth-order valence-corrected chi connectivity index (χ4v) is 3.24. The normalized spacial score (nSPS) is 17.8. The predicted octanol–water partition coefficient (Wildman–Crippen LogP) is 3.29. The highest BCUT2D eigenvalue weighted by Crippen LogP contribution is 2.33. The average molecular weight is 381 g/mol. The van der Waals surface area contributed by atoms with Crippen LogP contribution < -0.4 is 0 Å². The van der Waals surface area contributed by atoms with E-state index in [0.29, 0.717) is 24.3 Å². The first-order chi connectivity index (χ1) is 12.7. The molecule has 2 heterocycles. The van der Waals surface area contributed by atoms with E-state index in [1.54, 1.807) is 19.1 Å². The van der Waals surface area contributed by atoms with Gasteiger partial charge in [0.15, 0.2) is 0 Å². The third-order valence-corrected chi connectivity index (χ3v) is 4.77. The third-order valence-electron chi connectivity index (χ3n) is 4.77. The van der Waals surface area contributed by atoms with Gasteiger partial charge in [-0.2, -0.15) is 18.3 Å². The van der Waals surface area contributed by atoms with Gasteiger partial charge in [0.25, 0.3) is 5.91 Å². The zero-order chi connectivity index (χ0) is 19.8. The quantitative estimate of drug-likeness (QED) is 0.885. The Morgan fingerprint density at radius 3 is 2.44 bits per heavy atom. The van der Waals surface area contributed by atoms with Gasteiger partial charge >= 0.3 is 12.1 Å². The van der Waals surface area contributed by atoms with Gasteiger partial charge in [0, 0.05) is 18.7 Å². The number of halogens is 3. The summed E-state index contributed by atoms with van der Waals surface area (Å²) in [7, 11) is 0. The lowest BCUT2D eigenvalue weighted by molar-refractivity contribution is -0.184. The Balaban J connectivity index is 1.77. The van der Waals surface area contributed by atoms with Gasteiger partial charge in [0.2, 0.25) is 0 Å². The number of amides is 1. The predicted molar refractivity (Wildman–Crippen MR) is 89.9 cm³/mol. The molecule has 1 atom stereocenters. The Bertz CT molecular complexity index is 859. The fourth-order valence-electron chi connectivity index (χ4n) is 3.24. The molecular weight excluding hydrogens is 363 g/mol. The van der Waals surface area contributed by atoms with Gasteiger partial charge in [-0.3, -0.25) is 4.79 Å². The molecule has 0 bridgehead atoms. The Morgan fingerprint density at radius 1 is 1.22 bits per heavy atom. The molecule has 1 amide bonds. The summed E-state index contributed by atoms with van der Waals surface area (Å²) in [5.74, 6) is -3.02. The van der Waals surface area contributed by atoms with Crippen LogP contribution in [0.25, 0.3) is 5.69 Å². The summed E-state index contributed by atoms with van der Waals surface area (Å²) in [6.07, 6.45) is -2.71. The largest absolute Gasteiger partial charge is 0.478 e. The molecule has 144 valence electrons. The van der Waals surface area contributed by atoms with Crippen molar-refractivity contribution in [2.24, 2.45) is 5.92 Å². The van der Waals surface area contributed by atoms with Gasteiger partial charge in [-0.25, -0.2) is 9.48 Å². The summed E-state index contributed by atoms with van der Waals surface area (Å²) < 4.78 is 40.2. The standard InChI is InChI=1S/C18H18F3N3O3/c1-11-15(17(26)27)9-22-24(11)14-6-4-12(5-7-14)16(25)23-8-2-3-13(10-23)18(19,20)21/h4-7,9,13H,2-3,8,10H2,1H3,(H,26,27). The van der Waals surface area contributed by atoms with Crippen molar-refractivity contribution in [2.75, 3.05) is 13.1 Å². The van der Waals surface area contributed by atoms with Gasteiger partial charge in [-0.05, 0) is 44.0 Å². The molecule has 0 aliphatic carbocycles. The topological polar surface area (TPSA) is 75.4 Å². The van der Waals surface area contributed by atoms with E-state index >= 15 is 0 Å². The SMILES string of the molecule is Cc1c(C(=O)O)cnn1-c1ccc(C(=O)N2CCCC(C(F)(F)F)C2)cc1. The molecule has 1 aliphatic heterocycles. The van der Waals surface area contributed by atoms with Crippen LogP contribution in [0.5, 0.6) is 0 Å². The number of hydrogen-bond acceptors (Lipinski definition) is 3. The van der Waals surface area contributed by atoms with Crippen molar-refractivity contribution in [1.82, 2.24) is 14.7 Å². The van der Waals surface area contributed by atoms with Crippen LogP contribution >= 0.6 is 0 Å². The van der Waals surface area contributed by atoms with Crippen molar-refractivity contribution in [3.8, 4) is 5.69 Å². The lowest BCUT2D eigenvalue weighted by Crippen LogP contribution is -2.44. The maximum Gasteiger partial charge on any atom is 0.393 e. The van der Waals surface area contributed by atoms with Crippen molar-refractivity contribution < 1.29 is 27.9 Å². The van der Waals surface area contributed by atoms with Gasteiger partial charge in [0.1, 0.15) is 5.56 Å². The number of carbonyl (C=O) groups excluding carboxylic acids is 1. The van der Waals surface area contributed by atoms with Crippen LogP contribution in [-0.2, 0) is 0 Å². The second-order valence-corrected chi connectivity index (χ2v) is 6.54. The third kappa shape index (κ3) is 3.81. The maximum absolute atomic E-state index is 12.9. The van der Waals surface area contributed by atoms with Crippen molar-refractivity contribution in [2.45, 2.75) is 25.9 Å². The number of carboxylic acids is 1. The molecule has 1 aliphatic rings. The number of rotatable bonds is 3. The van der Waals surface area contributed by atoms with Crippen LogP contribution in [0.1, 0.15) is 39.3 Å². The van der Waals surface area contributed by atoms with Crippen LogP contribution in [0.2, 0.25) is 0 Å². The molecule has 9 heteroatoms. The lowest BCUT2D eigenvalue weighted by atomic mass is 9.97. The first-order valence-corrected chi connectivity index (χ1v) is 8.43. The molecule has 2 aromatic rings. The summed E-state index contributed by atoms with van der Waals surface area (Å²) in [5, 5.41) is 13.1. The van der Waals surface area contributed by atoms with E-state index in [1.807, 2.05) is 0 Å². The molecule has 1 saturated heterocycles. The second-order valence-electron chi connectivity index (χ2n) is 6.54. The van der Waals surface area contributed by atoms with Gasteiger partial charge in [-0.15, -0.1) is 0 Å². The minimum Gasteiger partial charge on any atom is -0.478 e. The number of nitrogens with zero attached hydrogens (tertiary/aromatic N) is 3. The first-order valence-electron chi connectivity index (χ1n) is 8.43. The molecule has 0 saturated carbocycles. The highest BCUT2D eigenvalue weighted by Gasteiger charge is 2.42. The molecule has 27 heavy (non-hydrogen) atoms. The van der Waals surface area contributed by atoms with E-state index in [1.165, 1.54) is 27.9 Å². The summed E-state index contributed by atoms with van der Waals surface area (Å²) in [6, 6.07) is 6.20. The molecule has 1 aromatic heterocycles. The van der Waals surface area contributed by atoms with E-state index in [-0.39, 0.29) is 24.1 Å². The van der Waals surface area contributed by atoms with Crippen molar-refractivity contribution in [1.29, 1.82) is 0 Å². The van der Waals surface area contributed by atoms with E-state index in [0.717, 1.165) is 0 Å². The van der Waals surface area contributed by atoms with Crippen LogP contribution in [-0.4, -0.2) is 50.9 Å². The second kappa shape index (κ2) is 7.05. The molecule has 0 spiro atoms. The first kappa shape index (κ1) is 18.9. The average Bonchev–Trinajstić information content (AvgIpc) is 3.02. The molecule has 1 fully saturated rings. The Hall–Kier alpha value is -2.84. The Morgan fingerprint density at radius 2 is 1.89 bits per heavy atom. The van der Waals surface area contributed by atoms with Gasteiger partial charge < -0.3 is 10.0 Å². The van der Waals surface area contributed by atoms with Crippen LogP contribution in [0.15, 0.2) is 30.5 Å². The minimum absolute atomic E-state index is 0.0384. The zero-order valence-electron chi connectivity index (χ0n) is 14.5. The Kier molecular flexibility index (Phi) is 4.95. The Labute approximate surface area is 153 Å².